The fraction of sp³-hybridized carbons (Fsp3) is 0.750. The Kier molecular flexibility index (Phi) is 1.26. The quantitative estimate of drug-likeness (QED) is 0.655. The largest absolute Gasteiger partial charge is 0.316 e. The Balaban J connectivity index is 1.65. The van der Waals surface area contributed by atoms with E-state index in [0.29, 0.717) is 0 Å². The van der Waals surface area contributed by atoms with Crippen LogP contribution >= 0.6 is 0 Å². The molecule has 1 unspecified atom stereocenters. The third kappa shape index (κ3) is 0.876. The second-order valence-electron chi connectivity index (χ2n) is 3.73. The van der Waals surface area contributed by atoms with Crippen LogP contribution in [0.3, 0.4) is 0 Å². The van der Waals surface area contributed by atoms with Crippen LogP contribution in [0, 0.1) is 17.8 Å². The molecule has 64 valence electrons. The fourth-order valence-corrected chi connectivity index (χ4v) is 2.34. The van der Waals surface area contributed by atoms with Gasteiger partial charge in [-0.05, 0) is 30.8 Å². The highest BCUT2D eigenvalue weighted by atomic mass is 15.5. The van der Waals surface area contributed by atoms with Crippen LogP contribution in [-0.4, -0.2) is 28.1 Å². The summed E-state index contributed by atoms with van der Waals surface area (Å²) >= 11 is 0. The maximum atomic E-state index is 4.11. The van der Waals surface area contributed by atoms with Crippen LogP contribution in [-0.2, 0) is 6.54 Å². The van der Waals surface area contributed by atoms with Gasteiger partial charge in [-0.15, -0.1) is 0 Å². The minimum Gasteiger partial charge on any atom is -0.316 e. The SMILES string of the molecule is c1cnn(CC2[C@H]3CNC[C@@H]23)n1. The predicted octanol–water partition coefficient (Wildman–Crippen LogP) is -0.257. The van der Waals surface area contributed by atoms with Crippen LogP contribution in [0.1, 0.15) is 0 Å². The summed E-state index contributed by atoms with van der Waals surface area (Å²) in [7, 11) is 0. The van der Waals surface area contributed by atoms with E-state index >= 15 is 0 Å². The van der Waals surface area contributed by atoms with Crippen molar-refractivity contribution in [2.45, 2.75) is 6.54 Å². The van der Waals surface area contributed by atoms with Gasteiger partial charge in [0.1, 0.15) is 0 Å². The first-order valence-corrected chi connectivity index (χ1v) is 4.50. The number of fused-ring (bicyclic) bond motifs is 1. The van der Waals surface area contributed by atoms with Gasteiger partial charge in [0.25, 0.3) is 0 Å². The Labute approximate surface area is 71.0 Å². The molecular formula is C8H12N4. The number of aromatic nitrogens is 3. The summed E-state index contributed by atoms with van der Waals surface area (Å²) in [5.74, 6) is 2.67. The third-order valence-corrected chi connectivity index (χ3v) is 3.11. The molecule has 1 aliphatic heterocycles. The molecule has 3 atom stereocenters. The molecule has 0 aromatic carbocycles. The summed E-state index contributed by atoms with van der Waals surface area (Å²) in [5, 5.41) is 11.6. The van der Waals surface area contributed by atoms with E-state index in [2.05, 4.69) is 15.5 Å². The standard InChI is InChI=1S/C8H12N4/c1-2-11-12(10-1)5-8-6-3-9-4-7(6)8/h1-2,6-9H,3-5H2/t6-,7+,8?. The van der Waals surface area contributed by atoms with Gasteiger partial charge in [0.05, 0.1) is 18.9 Å². The summed E-state index contributed by atoms with van der Waals surface area (Å²) in [5.41, 5.74) is 0. The molecule has 4 heteroatoms. The molecule has 0 bridgehead atoms. The van der Waals surface area contributed by atoms with Crippen molar-refractivity contribution in [3.05, 3.63) is 12.4 Å². The van der Waals surface area contributed by atoms with E-state index in [4.69, 9.17) is 0 Å². The number of nitrogens with zero attached hydrogens (tertiary/aromatic N) is 3. The normalized spacial score (nSPS) is 38.2. The van der Waals surface area contributed by atoms with Crippen molar-refractivity contribution in [2.24, 2.45) is 17.8 Å². The smallest absolute Gasteiger partial charge is 0.0693 e. The van der Waals surface area contributed by atoms with Crippen LogP contribution < -0.4 is 5.32 Å². The minimum atomic E-state index is 0.846. The average molecular weight is 164 g/mol. The number of nitrogens with one attached hydrogen (secondary N) is 1. The molecule has 1 aliphatic carbocycles. The van der Waals surface area contributed by atoms with Gasteiger partial charge < -0.3 is 5.32 Å². The van der Waals surface area contributed by atoms with Gasteiger partial charge in [0, 0.05) is 0 Å². The van der Waals surface area contributed by atoms with E-state index in [1.165, 1.54) is 13.1 Å². The zero-order valence-corrected chi connectivity index (χ0v) is 6.85. The first kappa shape index (κ1) is 6.60. The molecule has 1 aromatic rings. The van der Waals surface area contributed by atoms with Crippen molar-refractivity contribution in [1.82, 2.24) is 20.3 Å². The Morgan fingerprint density at radius 1 is 1.25 bits per heavy atom. The first-order chi connectivity index (χ1) is 5.95. The van der Waals surface area contributed by atoms with Crippen LogP contribution in [0.15, 0.2) is 12.4 Å². The van der Waals surface area contributed by atoms with Crippen molar-refractivity contribution in [3.63, 3.8) is 0 Å². The molecule has 2 aliphatic rings. The molecule has 1 N–H and O–H groups in total. The lowest BCUT2D eigenvalue weighted by atomic mass is 10.3. The van der Waals surface area contributed by atoms with Gasteiger partial charge in [0.2, 0.25) is 0 Å². The van der Waals surface area contributed by atoms with Crippen molar-refractivity contribution in [3.8, 4) is 0 Å². The summed E-state index contributed by atoms with van der Waals surface area (Å²) in [6.45, 7) is 3.43. The Morgan fingerprint density at radius 3 is 2.58 bits per heavy atom. The van der Waals surface area contributed by atoms with E-state index < -0.39 is 0 Å². The second-order valence-corrected chi connectivity index (χ2v) is 3.73. The lowest BCUT2D eigenvalue weighted by Gasteiger charge is -2.02. The van der Waals surface area contributed by atoms with Crippen LogP contribution in [0.5, 0.6) is 0 Å². The highest BCUT2D eigenvalue weighted by Gasteiger charge is 2.52. The zero-order chi connectivity index (χ0) is 7.97. The summed E-state index contributed by atoms with van der Waals surface area (Å²) < 4.78 is 0. The molecule has 2 heterocycles. The Hall–Kier alpha value is -0.900. The molecule has 2 fully saturated rings. The molecule has 1 saturated carbocycles. The molecule has 1 saturated heterocycles. The number of hydrogen-bond acceptors (Lipinski definition) is 3. The van der Waals surface area contributed by atoms with E-state index in [-0.39, 0.29) is 0 Å². The highest BCUT2D eigenvalue weighted by Crippen LogP contribution is 2.49. The minimum absolute atomic E-state index is 0.846. The van der Waals surface area contributed by atoms with E-state index in [1.54, 1.807) is 12.4 Å². The number of hydrogen-bond donors (Lipinski definition) is 1. The lowest BCUT2D eigenvalue weighted by molar-refractivity contribution is 0.444. The summed E-state index contributed by atoms with van der Waals surface area (Å²) in [6, 6.07) is 0. The van der Waals surface area contributed by atoms with Crippen molar-refractivity contribution < 1.29 is 0 Å². The predicted molar refractivity (Wildman–Crippen MR) is 43.4 cm³/mol. The summed E-state index contributed by atoms with van der Waals surface area (Å²) in [4.78, 5) is 1.81. The molecule has 3 rings (SSSR count). The Bertz CT molecular complexity index is 259. The number of rotatable bonds is 2. The maximum absolute atomic E-state index is 4.11. The monoisotopic (exact) mass is 164 g/mol. The molecule has 0 spiro atoms. The van der Waals surface area contributed by atoms with Crippen molar-refractivity contribution in [1.29, 1.82) is 0 Å². The van der Waals surface area contributed by atoms with Crippen molar-refractivity contribution in [2.75, 3.05) is 13.1 Å². The lowest BCUT2D eigenvalue weighted by Crippen LogP contribution is -2.17. The highest BCUT2D eigenvalue weighted by molar-refractivity contribution is 5.03. The van der Waals surface area contributed by atoms with Crippen LogP contribution in [0.2, 0.25) is 0 Å². The van der Waals surface area contributed by atoms with Gasteiger partial charge in [-0.2, -0.15) is 15.0 Å². The maximum Gasteiger partial charge on any atom is 0.0693 e. The van der Waals surface area contributed by atoms with Gasteiger partial charge in [-0.25, -0.2) is 0 Å². The van der Waals surface area contributed by atoms with Crippen LogP contribution in [0.4, 0.5) is 0 Å². The van der Waals surface area contributed by atoms with Crippen LogP contribution in [0.25, 0.3) is 0 Å². The van der Waals surface area contributed by atoms with Gasteiger partial charge >= 0.3 is 0 Å². The fourth-order valence-electron chi connectivity index (χ4n) is 2.34. The van der Waals surface area contributed by atoms with Gasteiger partial charge in [-0.1, -0.05) is 0 Å². The molecule has 0 radical (unpaired) electrons. The molecule has 0 amide bonds. The molecule has 1 aromatic heterocycles. The van der Waals surface area contributed by atoms with E-state index in [9.17, 15) is 0 Å². The number of piperidine rings is 1. The Morgan fingerprint density at radius 2 is 1.92 bits per heavy atom. The molecule has 12 heavy (non-hydrogen) atoms. The third-order valence-electron chi connectivity index (χ3n) is 3.11. The average Bonchev–Trinajstić information content (AvgIpc) is 2.59. The van der Waals surface area contributed by atoms with E-state index in [0.717, 1.165) is 24.3 Å². The molecule has 4 nitrogen and oxygen atoms in total. The van der Waals surface area contributed by atoms with E-state index in [1.807, 2.05) is 4.80 Å². The second kappa shape index (κ2) is 2.29. The van der Waals surface area contributed by atoms with Gasteiger partial charge in [0.15, 0.2) is 0 Å². The van der Waals surface area contributed by atoms with Crippen molar-refractivity contribution >= 4 is 0 Å². The van der Waals surface area contributed by atoms with Gasteiger partial charge in [-0.3, -0.25) is 0 Å². The zero-order valence-electron chi connectivity index (χ0n) is 6.85. The topological polar surface area (TPSA) is 42.7 Å². The molecular weight excluding hydrogens is 152 g/mol. The first-order valence-electron chi connectivity index (χ1n) is 4.50. The summed E-state index contributed by atoms with van der Waals surface area (Å²) in [6.07, 6.45) is 3.49.